The third-order valence-electron chi connectivity index (χ3n) is 21.4. The Morgan fingerprint density at radius 1 is 0.758 bits per heavy atom. The van der Waals surface area contributed by atoms with Crippen LogP contribution in [0.25, 0.3) is 0 Å². The second kappa shape index (κ2) is 15.5. The predicted molar refractivity (Wildman–Crippen MR) is 241 cm³/mol. The molecule has 9 rings (SSSR count). The first kappa shape index (κ1) is 45.1. The third-order valence-corrected chi connectivity index (χ3v) is 23.0. The van der Waals surface area contributed by atoms with Crippen LogP contribution in [0.3, 0.4) is 0 Å². The smallest absolute Gasteiger partial charge is 0.309 e. The SMILES string of the molecule is CC1([C@@H]2CCC3(NC[C@H](CF)N4CCS(=O)(=O)CC4)CC[C@]4(C)C(CCC5[C@@]6(C)CC[C@H](OC(=O)C7C[C@@H](C(=O)OCc8ccccc8)C7(C)C)C(C)(C)[C@@H]6CC[C@]54C)[C@@H]23)CC1. The summed E-state index contributed by atoms with van der Waals surface area (Å²) in [5.41, 5.74) is 1.25. The van der Waals surface area contributed by atoms with E-state index in [4.69, 9.17) is 9.47 Å². The van der Waals surface area contributed by atoms with Crippen LogP contribution in [0.2, 0.25) is 0 Å². The lowest BCUT2D eigenvalue weighted by molar-refractivity contribution is -0.250. The van der Waals surface area contributed by atoms with Crippen molar-refractivity contribution >= 4 is 21.8 Å². The number of carbonyl (C=O) groups excluding carboxylic acids is 2. The summed E-state index contributed by atoms with van der Waals surface area (Å²) < 4.78 is 51.6. The summed E-state index contributed by atoms with van der Waals surface area (Å²) in [6, 6.07) is 9.47. The molecule has 8 nitrogen and oxygen atoms in total. The number of alkyl halides is 1. The van der Waals surface area contributed by atoms with Crippen molar-refractivity contribution in [2.24, 2.45) is 73.9 Å². The maximum absolute atomic E-state index is 14.8. The molecule has 1 heterocycles. The highest BCUT2D eigenvalue weighted by Gasteiger charge is 2.72. The summed E-state index contributed by atoms with van der Waals surface area (Å²) in [4.78, 5) is 29.3. The number of carbonyl (C=O) groups is 2. The molecule has 1 saturated heterocycles. The van der Waals surface area contributed by atoms with Gasteiger partial charge in [0.25, 0.3) is 0 Å². The fourth-order valence-corrected chi connectivity index (χ4v) is 18.1. The van der Waals surface area contributed by atoms with Crippen molar-refractivity contribution < 1.29 is 31.9 Å². The van der Waals surface area contributed by atoms with Gasteiger partial charge in [0.2, 0.25) is 0 Å². The van der Waals surface area contributed by atoms with Crippen LogP contribution >= 0.6 is 0 Å². The van der Waals surface area contributed by atoms with Crippen LogP contribution in [-0.4, -0.2) is 80.8 Å². The molecule has 7 aliphatic carbocycles. The fraction of sp³-hybridized carbons (Fsp3) is 0.846. The number of fused-ring (bicyclic) bond motifs is 7. The number of sulfone groups is 1. The van der Waals surface area contributed by atoms with Gasteiger partial charge in [-0.3, -0.25) is 14.5 Å². The molecule has 0 bridgehead atoms. The van der Waals surface area contributed by atoms with Gasteiger partial charge in [0.05, 0.1) is 29.4 Å². The zero-order valence-electron chi connectivity index (χ0n) is 39.4. The topological polar surface area (TPSA) is 102 Å². The van der Waals surface area contributed by atoms with Gasteiger partial charge in [-0.2, -0.15) is 0 Å². The molecule has 0 radical (unpaired) electrons. The first-order valence-corrected chi connectivity index (χ1v) is 26.6. The van der Waals surface area contributed by atoms with Crippen molar-refractivity contribution in [3.8, 4) is 0 Å². The summed E-state index contributed by atoms with van der Waals surface area (Å²) in [6.45, 7) is 20.6. The van der Waals surface area contributed by atoms with Crippen molar-refractivity contribution in [2.75, 3.05) is 37.8 Å². The molecule has 0 amide bonds. The number of halogens is 1. The van der Waals surface area contributed by atoms with Gasteiger partial charge >= 0.3 is 11.9 Å². The molecule has 1 aromatic carbocycles. The number of ether oxygens (including phenoxy) is 2. The Hall–Kier alpha value is -2.04. The second-order valence-electron chi connectivity index (χ2n) is 24.6. The summed E-state index contributed by atoms with van der Waals surface area (Å²) >= 11 is 0. The predicted octanol–water partition coefficient (Wildman–Crippen LogP) is 9.60. The highest BCUT2D eigenvalue weighted by molar-refractivity contribution is 7.91. The number of hydrogen-bond donors (Lipinski definition) is 1. The quantitative estimate of drug-likeness (QED) is 0.220. The highest BCUT2D eigenvalue weighted by atomic mass is 32.2. The van der Waals surface area contributed by atoms with Gasteiger partial charge in [0, 0.05) is 30.6 Å². The zero-order chi connectivity index (χ0) is 44.3. The number of esters is 2. The largest absolute Gasteiger partial charge is 0.462 e. The van der Waals surface area contributed by atoms with Crippen LogP contribution in [0, 0.1) is 73.9 Å². The lowest BCUT2D eigenvalue weighted by atomic mass is 9.32. The first-order valence-electron chi connectivity index (χ1n) is 24.8. The molecular weight excluding hydrogens is 800 g/mol. The Kier molecular flexibility index (Phi) is 11.3. The van der Waals surface area contributed by atoms with Crippen molar-refractivity contribution in [3.05, 3.63) is 35.9 Å². The van der Waals surface area contributed by atoms with E-state index in [9.17, 15) is 22.4 Å². The van der Waals surface area contributed by atoms with E-state index in [1.807, 2.05) is 44.2 Å². The second-order valence-corrected chi connectivity index (χ2v) is 26.9. The molecule has 0 aromatic heterocycles. The Labute approximate surface area is 373 Å². The third kappa shape index (κ3) is 7.08. The number of nitrogens with zero attached hydrogens (tertiary/aromatic N) is 1. The molecule has 8 fully saturated rings. The minimum atomic E-state index is -3.02. The molecule has 62 heavy (non-hydrogen) atoms. The van der Waals surface area contributed by atoms with E-state index >= 15 is 0 Å². The van der Waals surface area contributed by atoms with Gasteiger partial charge in [-0.05, 0) is 146 Å². The van der Waals surface area contributed by atoms with Gasteiger partial charge in [0.15, 0.2) is 9.84 Å². The molecule has 8 aliphatic rings. The summed E-state index contributed by atoms with van der Waals surface area (Å²) in [7, 11) is -3.02. The molecule has 4 unspecified atom stereocenters. The number of rotatable bonds is 11. The van der Waals surface area contributed by atoms with E-state index in [0.717, 1.165) is 31.2 Å². The maximum Gasteiger partial charge on any atom is 0.309 e. The average Bonchev–Trinajstić information content (AvgIpc) is 3.85. The molecule has 10 heteroatoms. The Balaban J connectivity index is 0.887. The van der Waals surface area contributed by atoms with Crippen LogP contribution in [0.5, 0.6) is 0 Å². The van der Waals surface area contributed by atoms with Crippen LogP contribution in [0.1, 0.15) is 144 Å². The van der Waals surface area contributed by atoms with Crippen molar-refractivity contribution in [1.82, 2.24) is 10.2 Å². The molecule has 13 atom stereocenters. The van der Waals surface area contributed by atoms with Crippen LogP contribution in [-0.2, 0) is 35.5 Å². The van der Waals surface area contributed by atoms with Crippen LogP contribution in [0.15, 0.2) is 30.3 Å². The van der Waals surface area contributed by atoms with Gasteiger partial charge in [-0.25, -0.2) is 12.8 Å². The van der Waals surface area contributed by atoms with Gasteiger partial charge in [-0.15, -0.1) is 0 Å². The average molecular weight is 879 g/mol. The van der Waals surface area contributed by atoms with Crippen molar-refractivity contribution in [1.29, 1.82) is 0 Å². The summed E-state index contributed by atoms with van der Waals surface area (Å²) in [5, 5.41) is 4.16. The van der Waals surface area contributed by atoms with Crippen LogP contribution < -0.4 is 5.32 Å². The normalized spacial score (nSPS) is 44.0. The lowest BCUT2D eigenvalue weighted by Crippen LogP contribution is -2.69. The molecule has 346 valence electrons. The zero-order valence-corrected chi connectivity index (χ0v) is 40.2. The van der Waals surface area contributed by atoms with Crippen LogP contribution in [0.4, 0.5) is 4.39 Å². The standard InChI is InChI=1S/C52H79FN2O6S/c1-46(2)38(44(56)60-33-34-12-10-9-11-13-34)30-39(46)45(57)61-42-18-19-49(6)40(47(42,3)4)17-20-51(8)41(49)15-14-37-43-36(48(5)22-23-48)16-21-52(43,25-24-50(37,51)7)54-32-35(31-53)55-26-28-62(58,59)29-27-55/h9-13,35-43,54H,14-33H2,1-8H3/t35-,36+,37?,38-,39?,40-,41?,42-,43+,49-,50+,51+,52?/m0/s1. The van der Waals surface area contributed by atoms with E-state index in [1.54, 1.807) is 0 Å². The van der Waals surface area contributed by atoms with Gasteiger partial charge in [-0.1, -0.05) is 85.7 Å². The Morgan fingerprint density at radius 3 is 2.11 bits per heavy atom. The Morgan fingerprint density at radius 2 is 1.45 bits per heavy atom. The number of hydrogen-bond acceptors (Lipinski definition) is 8. The lowest BCUT2D eigenvalue weighted by Gasteiger charge is -2.73. The minimum Gasteiger partial charge on any atom is -0.462 e. The van der Waals surface area contributed by atoms with E-state index in [2.05, 4.69) is 51.8 Å². The van der Waals surface area contributed by atoms with Gasteiger partial charge < -0.3 is 14.8 Å². The first-order chi connectivity index (χ1) is 29.1. The van der Waals surface area contributed by atoms with Crippen molar-refractivity contribution in [2.45, 2.75) is 163 Å². The maximum atomic E-state index is 14.8. The molecule has 1 aromatic rings. The summed E-state index contributed by atoms with van der Waals surface area (Å²) in [6.07, 6.45) is 14.5. The number of benzene rings is 1. The highest BCUT2D eigenvalue weighted by Crippen LogP contribution is 2.78. The minimum absolute atomic E-state index is 0.0153. The monoisotopic (exact) mass is 879 g/mol. The Bertz CT molecular complexity index is 1970. The molecular formula is C52H79FN2O6S. The molecule has 1 N–H and O–H groups in total. The molecule has 1 aliphatic heterocycles. The molecule has 0 spiro atoms. The van der Waals surface area contributed by atoms with Gasteiger partial charge in [0.1, 0.15) is 19.4 Å². The number of nitrogens with one attached hydrogen (secondary N) is 1. The van der Waals surface area contributed by atoms with E-state index < -0.39 is 21.9 Å². The summed E-state index contributed by atoms with van der Waals surface area (Å²) in [5.74, 6) is 2.20. The van der Waals surface area contributed by atoms with E-state index in [1.165, 1.54) is 51.4 Å². The van der Waals surface area contributed by atoms with E-state index in [0.29, 0.717) is 61.1 Å². The van der Waals surface area contributed by atoms with E-state index in [-0.39, 0.29) is 81.2 Å². The van der Waals surface area contributed by atoms with Crippen molar-refractivity contribution in [3.63, 3.8) is 0 Å². The fourth-order valence-electron chi connectivity index (χ4n) is 16.9. The molecule has 7 saturated carbocycles.